The highest BCUT2D eigenvalue weighted by Gasteiger charge is 2.05. The Bertz CT molecular complexity index is 257. The minimum Gasteiger partial charge on any atom is -0.416 e. The Balaban J connectivity index is 2.13. The minimum absolute atomic E-state index is 0.169. The van der Waals surface area contributed by atoms with Gasteiger partial charge in [0.2, 0.25) is 5.89 Å². The van der Waals surface area contributed by atoms with Gasteiger partial charge in [-0.15, -0.1) is 10.2 Å². The second-order valence-corrected chi connectivity index (χ2v) is 3.09. The molecule has 4 nitrogen and oxygen atoms in total. The van der Waals surface area contributed by atoms with Crippen molar-refractivity contribution in [3.8, 4) is 0 Å². The number of hydrogen-bond donors (Lipinski definition) is 0. The second-order valence-electron chi connectivity index (χ2n) is 2.16. The van der Waals surface area contributed by atoms with Crippen LogP contribution in [-0.4, -0.2) is 29.8 Å². The van der Waals surface area contributed by atoms with E-state index in [2.05, 4.69) is 14.9 Å². The van der Waals surface area contributed by atoms with E-state index < -0.39 is 13.0 Å². The van der Waals surface area contributed by atoms with Crippen molar-refractivity contribution in [2.75, 3.05) is 13.2 Å². The monoisotopic (exact) mass is 304 g/mol. The van der Waals surface area contributed by atoms with Crippen molar-refractivity contribution < 1.29 is 17.9 Å². The fourth-order valence-electron chi connectivity index (χ4n) is 0.666. The zero-order valence-electron chi connectivity index (χ0n) is 6.54. The van der Waals surface area contributed by atoms with Crippen LogP contribution in [0.5, 0.6) is 0 Å². The summed E-state index contributed by atoms with van der Waals surface area (Å²) in [5.41, 5.74) is 0. The molecule has 0 amide bonds. The maximum absolute atomic E-state index is 11.6. The standard InChI is InChI=1S/C6H7F2IN2O2/c7-4(8)3-12-2-1-5-10-11-6(9)13-5/h4H,1-3H2. The molecule has 1 aromatic heterocycles. The van der Waals surface area contributed by atoms with Crippen LogP contribution >= 0.6 is 22.6 Å². The van der Waals surface area contributed by atoms with E-state index in [9.17, 15) is 8.78 Å². The van der Waals surface area contributed by atoms with Crippen LogP contribution in [0.15, 0.2) is 4.42 Å². The van der Waals surface area contributed by atoms with Crippen LogP contribution in [0.1, 0.15) is 5.89 Å². The Kier molecular flexibility index (Phi) is 4.50. The maximum atomic E-state index is 11.6. The predicted molar refractivity (Wildman–Crippen MR) is 47.5 cm³/mol. The highest BCUT2D eigenvalue weighted by molar-refractivity contribution is 14.1. The highest BCUT2D eigenvalue weighted by atomic mass is 127. The molecule has 1 rings (SSSR count). The Morgan fingerprint density at radius 1 is 1.46 bits per heavy atom. The lowest BCUT2D eigenvalue weighted by atomic mass is 10.5. The fraction of sp³-hybridized carbons (Fsp3) is 0.667. The first kappa shape index (κ1) is 10.8. The number of hydrogen-bond acceptors (Lipinski definition) is 4. The summed E-state index contributed by atoms with van der Waals surface area (Å²) in [5.74, 6) is 0.402. The van der Waals surface area contributed by atoms with Gasteiger partial charge in [0.1, 0.15) is 6.61 Å². The number of alkyl halides is 2. The minimum atomic E-state index is -2.43. The van der Waals surface area contributed by atoms with E-state index in [4.69, 9.17) is 4.42 Å². The fourth-order valence-corrected chi connectivity index (χ4v) is 1.03. The number of rotatable bonds is 5. The zero-order chi connectivity index (χ0) is 9.68. The van der Waals surface area contributed by atoms with E-state index in [0.717, 1.165) is 0 Å². The first-order valence-electron chi connectivity index (χ1n) is 3.52. The Morgan fingerprint density at radius 3 is 2.77 bits per heavy atom. The highest BCUT2D eigenvalue weighted by Crippen LogP contribution is 2.03. The average Bonchev–Trinajstić information content (AvgIpc) is 2.45. The summed E-state index contributed by atoms with van der Waals surface area (Å²) < 4.78 is 33.2. The largest absolute Gasteiger partial charge is 0.416 e. The molecule has 0 spiro atoms. The molecule has 0 aliphatic heterocycles. The van der Waals surface area contributed by atoms with Crippen LogP contribution in [0.3, 0.4) is 0 Å². The van der Waals surface area contributed by atoms with E-state index in [1.165, 1.54) is 0 Å². The van der Waals surface area contributed by atoms with Gasteiger partial charge in [-0.25, -0.2) is 8.78 Å². The van der Waals surface area contributed by atoms with E-state index in [1.807, 2.05) is 22.6 Å². The lowest BCUT2D eigenvalue weighted by Crippen LogP contribution is -2.07. The molecule has 1 heterocycles. The van der Waals surface area contributed by atoms with E-state index >= 15 is 0 Å². The van der Waals surface area contributed by atoms with Crippen molar-refractivity contribution in [2.45, 2.75) is 12.8 Å². The Morgan fingerprint density at radius 2 is 2.23 bits per heavy atom. The molecule has 74 valence electrons. The van der Waals surface area contributed by atoms with Crippen molar-refractivity contribution in [2.24, 2.45) is 0 Å². The van der Waals surface area contributed by atoms with Crippen molar-refractivity contribution in [1.29, 1.82) is 0 Å². The molecule has 0 aliphatic carbocycles. The lowest BCUT2D eigenvalue weighted by molar-refractivity contribution is 0.0173. The van der Waals surface area contributed by atoms with Gasteiger partial charge in [0.05, 0.1) is 6.61 Å². The third-order valence-electron chi connectivity index (χ3n) is 1.15. The summed E-state index contributed by atoms with van der Waals surface area (Å²) in [7, 11) is 0. The number of aromatic nitrogens is 2. The van der Waals surface area contributed by atoms with Crippen LogP contribution in [0.4, 0.5) is 8.78 Å². The number of ether oxygens (including phenoxy) is 1. The van der Waals surface area contributed by atoms with E-state index in [1.54, 1.807) is 0 Å². The SMILES string of the molecule is FC(F)COCCc1nnc(I)o1. The predicted octanol–water partition coefficient (Wildman–Crippen LogP) is 1.50. The molecule has 0 saturated heterocycles. The zero-order valence-corrected chi connectivity index (χ0v) is 8.70. The van der Waals surface area contributed by atoms with Gasteiger partial charge in [-0.3, -0.25) is 0 Å². The van der Waals surface area contributed by atoms with E-state index in [-0.39, 0.29) is 6.61 Å². The summed E-state index contributed by atoms with van der Waals surface area (Å²) in [6.45, 7) is -0.381. The molecule has 0 fully saturated rings. The third-order valence-corrected chi connectivity index (χ3v) is 1.58. The average molecular weight is 304 g/mol. The van der Waals surface area contributed by atoms with Crippen molar-refractivity contribution in [1.82, 2.24) is 10.2 Å². The Hall–Kier alpha value is -0.310. The molecule has 0 N–H and O–H groups in total. The molecule has 0 radical (unpaired) electrons. The van der Waals surface area contributed by atoms with Gasteiger partial charge in [-0.1, -0.05) is 0 Å². The molecule has 0 aliphatic rings. The van der Waals surface area contributed by atoms with Crippen LogP contribution < -0.4 is 0 Å². The summed E-state index contributed by atoms with van der Waals surface area (Å²) in [6, 6.07) is 0. The summed E-state index contributed by atoms with van der Waals surface area (Å²) in [6.07, 6.45) is -2.06. The molecular weight excluding hydrogens is 297 g/mol. The topological polar surface area (TPSA) is 48.2 Å². The van der Waals surface area contributed by atoms with Crippen LogP contribution in [0.25, 0.3) is 0 Å². The summed E-state index contributed by atoms with van der Waals surface area (Å²) >= 11 is 1.87. The first-order chi connectivity index (χ1) is 6.18. The van der Waals surface area contributed by atoms with Gasteiger partial charge in [0, 0.05) is 29.0 Å². The quantitative estimate of drug-likeness (QED) is 0.611. The molecule has 0 aromatic carbocycles. The molecule has 0 unspecified atom stereocenters. The van der Waals surface area contributed by atoms with Gasteiger partial charge in [-0.2, -0.15) is 0 Å². The van der Waals surface area contributed by atoms with Gasteiger partial charge >= 0.3 is 0 Å². The molecule has 1 aromatic rings. The number of nitrogens with zero attached hydrogens (tertiary/aromatic N) is 2. The van der Waals surface area contributed by atoms with E-state index in [0.29, 0.717) is 16.2 Å². The van der Waals surface area contributed by atoms with Crippen molar-refractivity contribution in [3.63, 3.8) is 0 Å². The molecule has 0 saturated carbocycles. The first-order valence-corrected chi connectivity index (χ1v) is 4.60. The van der Waals surface area contributed by atoms with Crippen LogP contribution in [-0.2, 0) is 11.2 Å². The van der Waals surface area contributed by atoms with Gasteiger partial charge in [-0.05, 0) is 0 Å². The summed E-state index contributed by atoms with van der Waals surface area (Å²) in [5, 5.41) is 7.24. The second kappa shape index (κ2) is 5.43. The molecule has 0 atom stereocenters. The third kappa shape index (κ3) is 4.46. The van der Waals surface area contributed by atoms with Gasteiger partial charge in [0.15, 0.2) is 0 Å². The summed E-state index contributed by atoms with van der Waals surface area (Å²) in [4.78, 5) is 0. The van der Waals surface area contributed by atoms with Gasteiger partial charge in [0.25, 0.3) is 10.3 Å². The normalized spacial score (nSPS) is 11.1. The van der Waals surface area contributed by atoms with Crippen molar-refractivity contribution >= 4 is 22.6 Å². The lowest BCUT2D eigenvalue weighted by Gasteiger charge is -1.99. The maximum Gasteiger partial charge on any atom is 0.278 e. The van der Waals surface area contributed by atoms with Gasteiger partial charge < -0.3 is 9.15 Å². The molecule has 0 bridgehead atoms. The van der Waals surface area contributed by atoms with Crippen LogP contribution in [0, 0.1) is 3.90 Å². The number of halogens is 3. The molecule has 7 heteroatoms. The molecular formula is C6H7F2IN2O2. The van der Waals surface area contributed by atoms with Crippen LogP contribution in [0.2, 0.25) is 0 Å². The smallest absolute Gasteiger partial charge is 0.278 e. The molecule has 13 heavy (non-hydrogen) atoms. The Labute approximate surface area is 86.8 Å². The van der Waals surface area contributed by atoms with Crippen molar-refractivity contribution in [3.05, 3.63) is 9.79 Å².